The fourth-order valence-electron chi connectivity index (χ4n) is 3.03. The lowest BCUT2D eigenvalue weighted by Crippen LogP contribution is -2.41. The smallest absolute Gasteiger partial charge is 0.311 e. The first kappa shape index (κ1) is 19.1. The zero-order valence-electron chi connectivity index (χ0n) is 15.2. The van der Waals surface area contributed by atoms with Gasteiger partial charge in [0, 0.05) is 13.1 Å². The van der Waals surface area contributed by atoms with Crippen molar-refractivity contribution in [2.75, 3.05) is 26.3 Å². The molecule has 0 spiro atoms. The van der Waals surface area contributed by atoms with Crippen LogP contribution >= 0.6 is 0 Å². The molecule has 1 aromatic rings. The molecule has 1 aromatic carbocycles. The van der Waals surface area contributed by atoms with Crippen LogP contribution in [0.1, 0.15) is 33.6 Å². The molecule has 1 N–H and O–H groups in total. The third-order valence-corrected chi connectivity index (χ3v) is 4.84. The Labute approximate surface area is 148 Å². The quantitative estimate of drug-likeness (QED) is 0.781. The normalized spacial score (nSPS) is 19.9. The molecule has 1 unspecified atom stereocenters. The van der Waals surface area contributed by atoms with Gasteiger partial charge in [-0.2, -0.15) is 0 Å². The molecule has 1 aliphatic heterocycles. The number of benzene rings is 1. The maximum atomic E-state index is 12.3. The van der Waals surface area contributed by atoms with Gasteiger partial charge in [-0.25, -0.2) is 0 Å². The van der Waals surface area contributed by atoms with Gasteiger partial charge in [-0.15, -0.1) is 0 Å². The predicted molar refractivity (Wildman–Crippen MR) is 93.8 cm³/mol. The second kappa shape index (κ2) is 8.23. The molecule has 1 heterocycles. The van der Waals surface area contributed by atoms with Crippen molar-refractivity contribution < 1.29 is 24.2 Å². The molecule has 2 rings (SSSR count). The summed E-state index contributed by atoms with van der Waals surface area (Å²) in [6.07, 6.45) is 1.42. The minimum atomic E-state index is -0.853. The van der Waals surface area contributed by atoms with Crippen LogP contribution in [0.3, 0.4) is 0 Å². The van der Waals surface area contributed by atoms with Gasteiger partial charge in [0.1, 0.15) is 11.5 Å². The van der Waals surface area contributed by atoms with E-state index in [0.29, 0.717) is 25.3 Å². The van der Waals surface area contributed by atoms with E-state index in [-0.39, 0.29) is 25.0 Å². The fraction of sp³-hybridized carbons (Fsp3) is 0.579. The average Bonchev–Trinajstić information content (AvgIpc) is 3.06. The molecule has 6 heteroatoms. The van der Waals surface area contributed by atoms with Gasteiger partial charge in [0.25, 0.3) is 5.91 Å². The molecule has 1 atom stereocenters. The fourth-order valence-corrected chi connectivity index (χ4v) is 3.03. The Morgan fingerprint density at radius 3 is 2.28 bits per heavy atom. The molecular weight excluding hydrogens is 322 g/mol. The van der Waals surface area contributed by atoms with Crippen LogP contribution in [0, 0.1) is 11.3 Å². The number of hydrogen-bond acceptors (Lipinski definition) is 4. The molecule has 0 bridgehead atoms. The van der Waals surface area contributed by atoms with Crippen molar-refractivity contribution in [3.63, 3.8) is 0 Å². The number of carboxylic acids is 1. The molecule has 0 saturated carbocycles. The number of ether oxygens (including phenoxy) is 2. The van der Waals surface area contributed by atoms with E-state index in [4.69, 9.17) is 9.47 Å². The Balaban J connectivity index is 1.87. The summed E-state index contributed by atoms with van der Waals surface area (Å²) in [5, 5.41) is 9.55. The molecule has 1 aliphatic rings. The van der Waals surface area contributed by atoms with Crippen molar-refractivity contribution in [2.24, 2.45) is 11.3 Å². The van der Waals surface area contributed by atoms with Gasteiger partial charge in [-0.3, -0.25) is 9.59 Å². The van der Waals surface area contributed by atoms with Crippen LogP contribution in [-0.2, 0) is 9.59 Å². The van der Waals surface area contributed by atoms with Gasteiger partial charge < -0.3 is 19.5 Å². The lowest BCUT2D eigenvalue weighted by molar-refractivity contribution is -0.151. The third kappa shape index (κ3) is 4.44. The molecule has 0 aliphatic carbocycles. The van der Waals surface area contributed by atoms with E-state index in [0.717, 1.165) is 12.2 Å². The molecule has 0 aromatic heterocycles. The number of aliphatic carboxylic acids is 1. The molecular formula is C19H27NO5. The molecule has 6 nitrogen and oxygen atoms in total. The number of amides is 1. The summed E-state index contributed by atoms with van der Waals surface area (Å²) in [5.74, 6) is 0.309. The van der Waals surface area contributed by atoms with Gasteiger partial charge in [-0.1, -0.05) is 20.8 Å². The van der Waals surface area contributed by atoms with Gasteiger partial charge in [-0.05, 0) is 43.0 Å². The van der Waals surface area contributed by atoms with Gasteiger partial charge in [0.2, 0.25) is 0 Å². The minimum absolute atomic E-state index is 0.0283. The van der Waals surface area contributed by atoms with Gasteiger partial charge in [0.15, 0.2) is 6.61 Å². The Bertz CT molecular complexity index is 598. The van der Waals surface area contributed by atoms with E-state index in [2.05, 4.69) is 0 Å². The summed E-state index contributed by atoms with van der Waals surface area (Å²) in [6, 6.07) is 7.13. The number of nitrogens with zero attached hydrogens (tertiary/aromatic N) is 1. The number of hydrogen-bond donors (Lipinski definition) is 1. The standard InChI is InChI=1S/C19H27NO5/c1-4-11-24-15-5-7-16(8-6-15)25-12-17(21)20-10-9-19(13-20,14(2)3)18(22)23/h5-8,14H,4,9-13H2,1-3H3,(H,22,23). The second-order valence-electron chi connectivity index (χ2n) is 6.79. The van der Waals surface area contributed by atoms with Crippen molar-refractivity contribution in [1.82, 2.24) is 4.90 Å². The van der Waals surface area contributed by atoms with Crippen LogP contribution in [0.2, 0.25) is 0 Å². The molecule has 138 valence electrons. The van der Waals surface area contributed by atoms with Crippen LogP contribution in [-0.4, -0.2) is 48.2 Å². The second-order valence-corrected chi connectivity index (χ2v) is 6.79. The topological polar surface area (TPSA) is 76.1 Å². The number of likely N-dealkylation sites (tertiary alicyclic amines) is 1. The lowest BCUT2D eigenvalue weighted by Gasteiger charge is -2.28. The van der Waals surface area contributed by atoms with E-state index in [1.165, 1.54) is 0 Å². The Morgan fingerprint density at radius 1 is 1.20 bits per heavy atom. The highest BCUT2D eigenvalue weighted by atomic mass is 16.5. The zero-order valence-corrected chi connectivity index (χ0v) is 15.2. The van der Waals surface area contributed by atoms with Crippen molar-refractivity contribution in [3.8, 4) is 11.5 Å². The minimum Gasteiger partial charge on any atom is -0.494 e. The first-order valence-electron chi connectivity index (χ1n) is 8.76. The Hall–Kier alpha value is -2.24. The maximum absolute atomic E-state index is 12.3. The van der Waals surface area contributed by atoms with Gasteiger partial charge in [0.05, 0.1) is 12.0 Å². The van der Waals surface area contributed by atoms with Crippen molar-refractivity contribution in [2.45, 2.75) is 33.6 Å². The number of carboxylic acid groups (broad SMARTS) is 1. The van der Waals surface area contributed by atoms with Crippen molar-refractivity contribution >= 4 is 11.9 Å². The lowest BCUT2D eigenvalue weighted by atomic mass is 9.76. The van der Waals surface area contributed by atoms with E-state index < -0.39 is 11.4 Å². The van der Waals surface area contributed by atoms with Crippen molar-refractivity contribution in [3.05, 3.63) is 24.3 Å². The molecule has 1 amide bonds. The number of rotatable bonds is 8. The summed E-state index contributed by atoms with van der Waals surface area (Å²) < 4.78 is 11.0. The summed E-state index contributed by atoms with van der Waals surface area (Å²) >= 11 is 0. The third-order valence-electron chi connectivity index (χ3n) is 4.84. The van der Waals surface area contributed by atoms with E-state index in [1.807, 2.05) is 20.8 Å². The van der Waals surface area contributed by atoms with Crippen LogP contribution in [0.15, 0.2) is 24.3 Å². The SMILES string of the molecule is CCCOc1ccc(OCC(=O)N2CCC(C(=O)O)(C(C)C)C2)cc1. The summed E-state index contributed by atoms with van der Waals surface area (Å²) in [5.41, 5.74) is -0.853. The van der Waals surface area contributed by atoms with Crippen LogP contribution in [0.4, 0.5) is 0 Å². The molecule has 0 radical (unpaired) electrons. The van der Waals surface area contributed by atoms with Gasteiger partial charge >= 0.3 is 5.97 Å². The monoisotopic (exact) mass is 349 g/mol. The molecule has 25 heavy (non-hydrogen) atoms. The predicted octanol–water partition coefficient (Wildman–Crippen LogP) is 2.81. The molecule has 1 fully saturated rings. The van der Waals surface area contributed by atoms with E-state index in [9.17, 15) is 14.7 Å². The first-order valence-corrected chi connectivity index (χ1v) is 8.76. The van der Waals surface area contributed by atoms with Crippen LogP contribution < -0.4 is 9.47 Å². The van der Waals surface area contributed by atoms with Crippen LogP contribution in [0.5, 0.6) is 11.5 Å². The highest BCUT2D eigenvalue weighted by Crippen LogP contribution is 2.38. The Kier molecular flexibility index (Phi) is 6.28. The van der Waals surface area contributed by atoms with E-state index >= 15 is 0 Å². The highest BCUT2D eigenvalue weighted by Gasteiger charge is 2.48. The van der Waals surface area contributed by atoms with Crippen molar-refractivity contribution in [1.29, 1.82) is 0 Å². The number of carbonyl (C=O) groups is 2. The largest absolute Gasteiger partial charge is 0.494 e. The van der Waals surface area contributed by atoms with Crippen LogP contribution in [0.25, 0.3) is 0 Å². The summed E-state index contributed by atoms with van der Waals surface area (Å²) in [6.45, 7) is 7.08. The molecule has 1 saturated heterocycles. The highest BCUT2D eigenvalue weighted by molar-refractivity contribution is 5.81. The Morgan fingerprint density at radius 2 is 1.80 bits per heavy atom. The summed E-state index contributed by atoms with van der Waals surface area (Å²) in [7, 11) is 0. The average molecular weight is 349 g/mol. The summed E-state index contributed by atoms with van der Waals surface area (Å²) in [4.78, 5) is 25.6. The first-order chi connectivity index (χ1) is 11.9. The number of carbonyl (C=O) groups excluding carboxylic acids is 1. The maximum Gasteiger partial charge on any atom is 0.311 e. The zero-order chi connectivity index (χ0) is 18.4. The van der Waals surface area contributed by atoms with E-state index in [1.54, 1.807) is 29.2 Å².